The van der Waals surface area contributed by atoms with E-state index < -0.39 is 0 Å². The van der Waals surface area contributed by atoms with Gasteiger partial charge in [-0.2, -0.15) is 0 Å². The number of aromatic nitrogens is 6. The Labute approximate surface area is 915 Å². The second kappa shape index (κ2) is 51.2. The molecule has 22 aromatic rings. The van der Waals surface area contributed by atoms with E-state index in [4.69, 9.17) is 23.2 Å². The van der Waals surface area contributed by atoms with Crippen molar-refractivity contribution >= 4 is 65.8 Å². The number of rotatable bonds is 20. The first-order valence-corrected chi connectivity index (χ1v) is 50.6. The molecule has 13 aromatic carbocycles. The summed E-state index contributed by atoms with van der Waals surface area (Å²) in [6.07, 6.45) is 18.5. The van der Waals surface area contributed by atoms with E-state index in [1.165, 1.54) is 106 Å². The number of fused-ring (bicyclic) bond motifs is 9. The van der Waals surface area contributed by atoms with Crippen molar-refractivity contribution in [3.8, 4) is 78.7 Å². The average Bonchev–Trinajstić information content (AvgIpc) is 1.61. The molecule has 751 valence electrons. The Morgan fingerprint density at radius 3 is 1.22 bits per heavy atom. The van der Waals surface area contributed by atoms with Gasteiger partial charge >= 0.3 is 0 Å². The maximum Gasteiger partial charge on any atom is 0.124 e. The quantitative estimate of drug-likeness (QED) is 0.0688. The first-order valence-electron chi connectivity index (χ1n) is 50.6. The molecule has 0 spiro atoms. The number of benzene rings is 13. The van der Waals surface area contributed by atoms with Gasteiger partial charge in [-0.3, -0.25) is 0 Å². The van der Waals surface area contributed by atoms with Crippen LogP contribution in [0.1, 0.15) is 162 Å². The van der Waals surface area contributed by atoms with Crippen molar-refractivity contribution in [1.29, 1.82) is 0 Å². The van der Waals surface area contributed by atoms with Gasteiger partial charge in [0.2, 0.25) is 0 Å². The zero-order valence-corrected chi connectivity index (χ0v) is 94.8. The van der Waals surface area contributed by atoms with Crippen LogP contribution in [0.3, 0.4) is 0 Å². The van der Waals surface area contributed by atoms with Crippen molar-refractivity contribution in [2.75, 3.05) is 0 Å². The van der Waals surface area contributed by atoms with E-state index in [0.29, 0.717) is 17.8 Å². The minimum atomic E-state index is 0. The summed E-state index contributed by atoms with van der Waals surface area (Å²) in [5, 5.41) is 6.73. The summed E-state index contributed by atoms with van der Waals surface area (Å²) in [6, 6.07) is 129. The molecule has 3 radical (unpaired) electrons. The van der Waals surface area contributed by atoms with Gasteiger partial charge < -0.3 is 43.2 Å². The minimum Gasteiger partial charge on any atom is -0.501 e. The second-order valence-electron chi connectivity index (χ2n) is 40.9. The van der Waals surface area contributed by atoms with Crippen molar-refractivity contribution in [3.63, 3.8) is 0 Å². The fraction of sp³-hybridized carbons (Fsp3) is 0.206. The van der Waals surface area contributed by atoms with Gasteiger partial charge in [0.25, 0.3) is 0 Å². The molecule has 0 unspecified atom stereocenters. The summed E-state index contributed by atoms with van der Waals surface area (Å²) in [5.41, 5.74) is 42.4. The number of para-hydroxylation sites is 1. The molecule has 0 aliphatic rings. The molecule has 12 heteroatoms. The van der Waals surface area contributed by atoms with E-state index in [1.54, 1.807) is 0 Å². The number of aryl methyl sites for hydroxylation is 8. The zero-order valence-electron chi connectivity index (χ0n) is 87.6. The molecule has 148 heavy (non-hydrogen) atoms. The second-order valence-corrected chi connectivity index (χ2v) is 40.9. The van der Waals surface area contributed by atoms with Crippen molar-refractivity contribution in [2.45, 2.75) is 163 Å². The van der Waals surface area contributed by atoms with Crippen LogP contribution in [0.15, 0.2) is 366 Å². The molecule has 0 aliphatic heterocycles. The Balaban J connectivity index is 0.000000143. The van der Waals surface area contributed by atoms with Crippen LogP contribution >= 0.6 is 0 Å². The Morgan fingerprint density at radius 2 is 0.703 bits per heavy atom. The zero-order chi connectivity index (χ0) is 101. The molecule has 22 rings (SSSR count). The van der Waals surface area contributed by atoms with Gasteiger partial charge in [-0.15, -0.1) is 161 Å². The molecule has 9 nitrogen and oxygen atoms in total. The molecule has 0 saturated heterocycles. The van der Waals surface area contributed by atoms with E-state index in [0.717, 1.165) is 184 Å². The fourth-order valence-corrected chi connectivity index (χ4v) is 18.5. The number of hydrogen-bond donors (Lipinski definition) is 0. The smallest absolute Gasteiger partial charge is 0.124 e. The molecular weight excluding hydrogens is 2340 g/mol. The summed E-state index contributed by atoms with van der Waals surface area (Å²) < 4.78 is 19.3. The molecule has 0 bridgehead atoms. The molecule has 9 aromatic heterocycles. The number of hydrogen-bond acceptors (Lipinski definition) is 9. The topological polar surface area (TPSA) is 117 Å². The van der Waals surface area contributed by atoms with Crippen molar-refractivity contribution in [3.05, 3.63) is 489 Å². The van der Waals surface area contributed by atoms with Crippen molar-refractivity contribution in [1.82, 2.24) is 29.9 Å². The number of nitrogens with zero attached hydrogens (tertiary/aromatic N) is 6. The van der Waals surface area contributed by atoms with Crippen LogP contribution in [0.5, 0.6) is 0 Å². The van der Waals surface area contributed by atoms with Gasteiger partial charge in [-0.25, -0.2) is 0 Å². The number of pyridine rings is 6. The molecule has 0 saturated carbocycles. The third-order valence-electron chi connectivity index (χ3n) is 26.0. The van der Waals surface area contributed by atoms with Crippen LogP contribution in [0, 0.1) is 115 Å². The van der Waals surface area contributed by atoms with Gasteiger partial charge in [0.15, 0.2) is 0 Å². The fourth-order valence-electron chi connectivity index (χ4n) is 18.5. The first kappa shape index (κ1) is 110. The normalized spacial score (nSPS) is 11.1. The molecule has 0 aliphatic carbocycles. The molecular formula is C136H126Ir3N6O3-6. The van der Waals surface area contributed by atoms with Gasteiger partial charge in [0.05, 0.1) is 16.7 Å². The Bertz CT molecular complexity index is 8110. The largest absolute Gasteiger partial charge is 0.501 e. The Morgan fingerprint density at radius 1 is 0.270 bits per heavy atom. The molecule has 0 N–H and O–H groups in total. The summed E-state index contributed by atoms with van der Waals surface area (Å²) in [7, 11) is 0. The molecule has 0 atom stereocenters. The predicted octanol–water partition coefficient (Wildman–Crippen LogP) is 35.1. The average molecular weight is 2470 g/mol. The van der Waals surface area contributed by atoms with Gasteiger partial charge in [0.1, 0.15) is 16.7 Å². The SMILES string of the molecule is CC(C)(C)Cc1ccnc(-c2[c-]ccc3c2oc2c(Cc4ccccc4)cccc23)c1.Cc1c[c-]c(-c2cc(C)c(CC(C)C)cn2)cc1.Cc1c[c-]c(-c2cc(CC(C)C)c(C)cn2)cc1.Cc1c[c-]c(-c2ccc(C)cn2)cc1.Cc1cnc(-c2[c-]ccc3c2oc2cc(Cc4ccccc4)ccc23)cc1CC(C)C.Cc1cnc(-c2[c-]ccc3c2oc2ccc(Cc4ccccc4)cc23)cc1-c1ccccc1.[Ir].[Ir].[Ir]. The van der Waals surface area contributed by atoms with Crippen LogP contribution in [0.4, 0.5) is 0 Å². The van der Waals surface area contributed by atoms with E-state index in [2.05, 4.69) is 422 Å². The standard InChI is InChI=1S/C31H22NO.2C29H26NO.2C17H20N.C13H12N.3Ir/c1-21-20-32-29(19-27(21)24-11-6-3-7-12-24)26-14-8-13-25-28-18-23(15-16-30(28)33-31(25)26)17-22-9-4-2-5-10-22;1-29(2,3)19-21-15-16-30-26(18-21)25-14-8-13-24-23-12-7-11-22(27(23)31-28(24)25)17-20-9-5-4-6-10-20;1-19(2)14-23-17-27(30-18-20(23)3)26-11-7-10-25-24-13-12-22(16-28(24)31-29(25)26)15-21-8-5-4-6-9-21;1-12(2)9-16-10-17(18-11-14(16)4)15-7-5-13(3)6-8-15;1-12(2)9-16-11-18-17(10-14(16)4)15-7-5-13(3)6-8-15;1-10-3-6-12(7-4-10)13-8-5-11(2)9-14-13;;;/h2-13,15-16,18-20H,17H2,1H3;4-13,15-16,18H,17,19H2,1-3H3;4-10,12-13,16-19H,14-15H2,1-3H3;2*5-7,10-12H,9H2,1-4H3;3-6,8-9H,1-2H3;;;/q6*-1;;;. The summed E-state index contributed by atoms with van der Waals surface area (Å²) >= 11 is 0. The van der Waals surface area contributed by atoms with Crippen molar-refractivity contribution in [2.24, 2.45) is 23.2 Å². The van der Waals surface area contributed by atoms with Gasteiger partial charge in [-0.05, 0) is 227 Å². The van der Waals surface area contributed by atoms with Crippen LogP contribution in [-0.4, -0.2) is 29.9 Å². The monoisotopic (exact) mass is 2470 g/mol. The van der Waals surface area contributed by atoms with Crippen LogP contribution in [-0.2, 0) is 105 Å². The van der Waals surface area contributed by atoms with Gasteiger partial charge in [-0.1, -0.05) is 338 Å². The number of furan rings is 3. The third kappa shape index (κ3) is 28.3. The summed E-state index contributed by atoms with van der Waals surface area (Å²) in [4.78, 5) is 27.5. The maximum atomic E-state index is 6.51. The Hall–Kier alpha value is -13.9. The first-order chi connectivity index (χ1) is 70.2. The van der Waals surface area contributed by atoms with Crippen LogP contribution in [0.25, 0.3) is 144 Å². The van der Waals surface area contributed by atoms with Gasteiger partial charge in [0, 0.05) is 120 Å². The summed E-state index contributed by atoms with van der Waals surface area (Å²) in [5.74, 6) is 1.94. The Kier molecular flexibility index (Phi) is 37.9. The van der Waals surface area contributed by atoms with E-state index in [1.807, 2.05) is 105 Å². The maximum absolute atomic E-state index is 6.51. The van der Waals surface area contributed by atoms with Crippen LogP contribution < -0.4 is 0 Å². The minimum absolute atomic E-state index is 0. The van der Waals surface area contributed by atoms with Crippen molar-refractivity contribution < 1.29 is 73.6 Å². The third-order valence-corrected chi connectivity index (χ3v) is 26.0. The molecule has 0 amide bonds. The summed E-state index contributed by atoms with van der Waals surface area (Å²) in [6.45, 7) is 37.0. The molecule has 0 fully saturated rings. The predicted molar refractivity (Wildman–Crippen MR) is 603 cm³/mol. The molecule has 9 heterocycles. The van der Waals surface area contributed by atoms with E-state index >= 15 is 0 Å². The van der Waals surface area contributed by atoms with Crippen LogP contribution in [0.2, 0.25) is 0 Å². The van der Waals surface area contributed by atoms with E-state index in [9.17, 15) is 0 Å². The van der Waals surface area contributed by atoms with E-state index in [-0.39, 0.29) is 65.7 Å².